The van der Waals surface area contributed by atoms with E-state index in [4.69, 9.17) is 11.6 Å². The highest BCUT2D eigenvalue weighted by atomic mass is 35.5. The summed E-state index contributed by atoms with van der Waals surface area (Å²) >= 11 is 5.99. The predicted octanol–water partition coefficient (Wildman–Crippen LogP) is 3.90. The van der Waals surface area contributed by atoms with Gasteiger partial charge in [-0.25, -0.2) is 18.7 Å². The zero-order valence-corrected chi connectivity index (χ0v) is 12.6. The minimum atomic E-state index is -1.47. The Labute approximate surface area is 126 Å². The van der Waals surface area contributed by atoms with Crippen LogP contribution in [0.4, 0.5) is 14.6 Å². The molecule has 1 saturated heterocycles. The number of hydrogen-bond donors (Lipinski definition) is 0. The van der Waals surface area contributed by atoms with E-state index in [1.165, 1.54) is 0 Å². The molecule has 0 unspecified atom stereocenters. The van der Waals surface area contributed by atoms with Crippen LogP contribution in [-0.4, -0.2) is 35.4 Å². The molecule has 3 rings (SSSR count). The number of alkyl halides is 2. The number of halogens is 3. The Kier molecular flexibility index (Phi) is 3.69. The molecule has 112 valence electrons. The molecule has 0 aromatic carbocycles. The third-order valence-corrected chi connectivity index (χ3v) is 4.06. The van der Waals surface area contributed by atoms with E-state index >= 15 is 0 Å². The quantitative estimate of drug-likeness (QED) is 0.788. The van der Waals surface area contributed by atoms with Crippen LogP contribution in [0.1, 0.15) is 25.3 Å². The molecule has 0 bridgehead atoms. The summed E-state index contributed by atoms with van der Waals surface area (Å²) < 4.78 is 26.9. The summed E-state index contributed by atoms with van der Waals surface area (Å²) in [6.45, 7) is 4.17. The van der Waals surface area contributed by atoms with Crippen molar-refractivity contribution < 1.29 is 8.78 Å². The maximum Gasteiger partial charge on any atom is 0.150 e. The van der Waals surface area contributed by atoms with Gasteiger partial charge < -0.3 is 4.90 Å². The molecular weight excluding hydrogens is 296 g/mol. The summed E-state index contributed by atoms with van der Waals surface area (Å²) in [7, 11) is 0. The van der Waals surface area contributed by atoms with E-state index in [0.717, 1.165) is 16.3 Å². The van der Waals surface area contributed by atoms with Gasteiger partial charge in [0.1, 0.15) is 11.0 Å². The molecule has 21 heavy (non-hydrogen) atoms. The zero-order chi connectivity index (χ0) is 15.1. The molecule has 3 heterocycles. The highest BCUT2D eigenvalue weighted by Gasteiger charge is 2.34. The first-order valence-corrected chi connectivity index (χ1v) is 7.32. The van der Waals surface area contributed by atoms with Gasteiger partial charge >= 0.3 is 0 Å². The second-order valence-corrected chi connectivity index (χ2v) is 6.07. The summed E-state index contributed by atoms with van der Waals surface area (Å²) in [6.07, 6.45) is 0.459. The highest BCUT2D eigenvalue weighted by molar-refractivity contribution is 6.30. The van der Waals surface area contributed by atoms with Gasteiger partial charge in [0.15, 0.2) is 12.3 Å². The second kappa shape index (κ2) is 5.37. The lowest BCUT2D eigenvalue weighted by molar-refractivity contribution is 0.217. The van der Waals surface area contributed by atoms with E-state index in [1.54, 1.807) is 23.4 Å². The normalized spacial score (nSPS) is 22.5. The topological polar surface area (TPSA) is 29.0 Å². The molecule has 2 aromatic rings. The van der Waals surface area contributed by atoms with Crippen molar-refractivity contribution in [1.82, 2.24) is 9.97 Å². The number of anilines is 1. The van der Waals surface area contributed by atoms with E-state index in [2.05, 4.69) is 23.8 Å². The molecule has 1 aliphatic rings. The molecule has 1 fully saturated rings. The van der Waals surface area contributed by atoms with Crippen LogP contribution in [0.25, 0.3) is 10.8 Å². The van der Waals surface area contributed by atoms with Crippen molar-refractivity contribution in [3.63, 3.8) is 0 Å². The second-order valence-electron chi connectivity index (χ2n) is 5.68. The molecule has 3 nitrogen and oxygen atoms in total. The van der Waals surface area contributed by atoms with E-state index < -0.39 is 12.3 Å². The van der Waals surface area contributed by atoms with Gasteiger partial charge in [0.25, 0.3) is 0 Å². The molecule has 0 saturated carbocycles. The van der Waals surface area contributed by atoms with Crippen LogP contribution in [-0.2, 0) is 0 Å². The van der Waals surface area contributed by atoms with Crippen molar-refractivity contribution in [2.45, 2.75) is 32.1 Å². The first-order chi connectivity index (χ1) is 9.97. The summed E-state index contributed by atoms with van der Waals surface area (Å²) in [4.78, 5) is 10.1. The van der Waals surface area contributed by atoms with Crippen molar-refractivity contribution in [3.8, 4) is 0 Å². The van der Waals surface area contributed by atoms with E-state index in [-0.39, 0.29) is 19.0 Å². The van der Waals surface area contributed by atoms with Crippen molar-refractivity contribution in [3.05, 3.63) is 29.2 Å². The molecule has 0 amide bonds. The summed E-state index contributed by atoms with van der Waals surface area (Å²) in [5.41, 5.74) is 1.05. The molecule has 0 radical (unpaired) electrons. The Morgan fingerprint density at radius 2 is 1.81 bits per heavy atom. The molecule has 2 aromatic heterocycles. The molecule has 1 aliphatic heterocycles. The van der Waals surface area contributed by atoms with Gasteiger partial charge in [-0.05, 0) is 22.9 Å². The minimum Gasteiger partial charge on any atom is -0.350 e. The van der Waals surface area contributed by atoms with Crippen LogP contribution >= 0.6 is 11.6 Å². The van der Waals surface area contributed by atoms with Gasteiger partial charge in [0.05, 0.1) is 13.1 Å². The predicted molar refractivity (Wildman–Crippen MR) is 80.6 cm³/mol. The Hall–Kier alpha value is -1.49. The minimum absolute atomic E-state index is 0.0208. The molecular formula is C15H16ClF2N3. The zero-order valence-electron chi connectivity index (χ0n) is 11.9. The van der Waals surface area contributed by atoms with Crippen LogP contribution in [0.3, 0.4) is 0 Å². The third-order valence-electron chi connectivity index (χ3n) is 3.85. The van der Waals surface area contributed by atoms with Gasteiger partial charge in [-0.2, -0.15) is 0 Å². The van der Waals surface area contributed by atoms with Crippen LogP contribution in [0.5, 0.6) is 0 Å². The van der Waals surface area contributed by atoms with E-state index in [0.29, 0.717) is 11.0 Å². The maximum atomic E-state index is 13.4. The number of fused-ring (bicyclic) bond motifs is 1. The van der Waals surface area contributed by atoms with Crippen molar-refractivity contribution in [2.24, 2.45) is 0 Å². The molecule has 2 atom stereocenters. The number of pyridine rings is 2. The number of aromatic nitrogens is 2. The van der Waals surface area contributed by atoms with Crippen molar-refractivity contribution in [1.29, 1.82) is 0 Å². The van der Waals surface area contributed by atoms with Crippen molar-refractivity contribution >= 4 is 28.2 Å². The smallest absolute Gasteiger partial charge is 0.150 e. The average molecular weight is 312 g/mol. The lowest BCUT2D eigenvalue weighted by Crippen LogP contribution is -2.22. The van der Waals surface area contributed by atoms with Gasteiger partial charge in [0.2, 0.25) is 0 Å². The lowest BCUT2D eigenvalue weighted by Gasteiger charge is -2.20. The molecule has 0 spiro atoms. The van der Waals surface area contributed by atoms with Crippen LogP contribution in [0, 0.1) is 0 Å². The molecule has 0 aliphatic carbocycles. The summed E-state index contributed by atoms with van der Waals surface area (Å²) in [6, 6.07) is 1.79. The standard InChI is InChI=1S/C15H16ClF2N3/c1-8(2)10-4-20-15(21-6-12(17)13(18)7-21)11-5-19-14(16)3-9(10)11/h3-5,8,12-13H,6-7H2,1-2H3/t12-,13+. The van der Waals surface area contributed by atoms with Gasteiger partial charge in [-0.15, -0.1) is 0 Å². The fourth-order valence-electron chi connectivity index (χ4n) is 2.73. The number of rotatable bonds is 2. The summed E-state index contributed by atoms with van der Waals surface area (Å²) in [5, 5.41) is 2.12. The fraction of sp³-hybridized carbons (Fsp3) is 0.467. The lowest BCUT2D eigenvalue weighted by atomic mass is 9.99. The van der Waals surface area contributed by atoms with Gasteiger partial charge in [-0.1, -0.05) is 25.4 Å². The van der Waals surface area contributed by atoms with Crippen molar-refractivity contribution in [2.75, 3.05) is 18.0 Å². The van der Waals surface area contributed by atoms with Gasteiger partial charge in [-0.3, -0.25) is 0 Å². The van der Waals surface area contributed by atoms with E-state index in [9.17, 15) is 8.78 Å². The van der Waals surface area contributed by atoms with Crippen LogP contribution in [0.15, 0.2) is 18.5 Å². The molecule has 6 heteroatoms. The first-order valence-electron chi connectivity index (χ1n) is 6.94. The SMILES string of the molecule is CC(C)c1cnc(N2C[C@@H](F)[C@@H](F)C2)c2cnc(Cl)cc12. The fourth-order valence-corrected chi connectivity index (χ4v) is 2.88. The highest BCUT2D eigenvalue weighted by Crippen LogP contribution is 2.33. The monoisotopic (exact) mass is 311 g/mol. The van der Waals surface area contributed by atoms with E-state index in [1.807, 2.05) is 0 Å². The Balaban J connectivity index is 2.15. The number of hydrogen-bond acceptors (Lipinski definition) is 3. The Bertz CT molecular complexity index is 667. The Morgan fingerprint density at radius 3 is 2.43 bits per heavy atom. The van der Waals surface area contributed by atoms with Crippen LogP contribution < -0.4 is 4.90 Å². The maximum absolute atomic E-state index is 13.4. The third kappa shape index (κ3) is 2.55. The first kappa shape index (κ1) is 14.4. The van der Waals surface area contributed by atoms with Gasteiger partial charge in [0, 0.05) is 17.8 Å². The largest absolute Gasteiger partial charge is 0.350 e. The average Bonchev–Trinajstić information content (AvgIpc) is 2.76. The Morgan fingerprint density at radius 1 is 1.14 bits per heavy atom. The van der Waals surface area contributed by atoms with Crippen LogP contribution in [0.2, 0.25) is 5.15 Å². The summed E-state index contributed by atoms with van der Waals surface area (Å²) in [5.74, 6) is 0.843. The molecule has 0 N–H and O–H groups in total. The number of nitrogens with zero attached hydrogens (tertiary/aromatic N) is 3.